The Morgan fingerprint density at radius 3 is 2.68 bits per heavy atom. The van der Waals surface area contributed by atoms with Crippen LogP contribution >= 0.6 is 0 Å². The summed E-state index contributed by atoms with van der Waals surface area (Å²) in [7, 11) is 1.68. The van der Waals surface area contributed by atoms with Gasteiger partial charge in [0.25, 0.3) is 0 Å². The fourth-order valence-electron chi connectivity index (χ4n) is 4.48. The topological polar surface area (TPSA) is 67.2 Å². The Kier molecular flexibility index (Phi) is 5.80. The van der Waals surface area contributed by atoms with Crippen molar-refractivity contribution in [2.45, 2.75) is 32.9 Å². The summed E-state index contributed by atoms with van der Waals surface area (Å²) in [5.74, 6) is 2.52. The zero-order valence-electron chi connectivity index (χ0n) is 19.7. The van der Waals surface area contributed by atoms with Gasteiger partial charge in [-0.2, -0.15) is 0 Å². The number of aryl methyl sites for hydroxylation is 1. The lowest BCUT2D eigenvalue weighted by molar-refractivity contribution is 0.414. The molecular formula is C28H28N4O2. The second kappa shape index (κ2) is 9.06. The molecule has 1 atom stereocenters. The Morgan fingerprint density at radius 1 is 1.15 bits per heavy atom. The van der Waals surface area contributed by atoms with Crippen LogP contribution in [0.25, 0.3) is 21.9 Å². The predicted octanol–water partition coefficient (Wildman–Crippen LogP) is 6.74. The van der Waals surface area contributed by atoms with Crippen LogP contribution in [0.4, 0.5) is 5.82 Å². The summed E-state index contributed by atoms with van der Waals surface area (Å²) < 4.78 is 11.2. The molecule has 6 heteroatoms. The van der Waals surface area contributed by atoms with Gasteiger partial charge >= 0.3 is 0 Å². The number of aromatic nitrogens is 3. The van der Waals surface area contributed by atoms with E-state index in [2.05, 4.69) is 65.6 Å². The highest BCUT2D eigenvalue weighted by atomic mass is 16.5. The van der Waals surface area contributed by atoms with E-state index in [4.69, 9.17) is 14.1 Å². The minimum atomic E-state index is -0.0141. The molecular weight excluding hydrogens is 424 g/mol. The smallest absolute Gasteiger partial charge is 0.157 e. The first kappa shape index (κ1) is 21.8. The monoisotopic (exact) mass is 452 g/mol. The van der Waals surface area contributed by atoms with E-state index in [-0.39, 0.29) is 6.04 Å². The van der Waals surface area contributed by atoms with Gasteiger partial charge in [0.05, 0.1) is 26.0 Å². The fraction of sp³-hybridized carbons (Fsp3) is 0.214. The number of hydrogen-bond donors (Lipinski definition) is 1. The zero-order chi connectivity index (χ0) is 23.7. The van der Waals surface area contributed by atoms with E-state index >= 15 is 0 Å². The molecule has 34 heavy (non-hydrogen) atoms. The summed E-state index contributed by atoms with van der Waals surface area (Å²) in [6.07, 6.45) is 4.11. The number of furan rings is 1. The molecule has 5 rings (SSSR count). The third kappa shape index (κ3) is 4.15. The average molecular weight is 453 g/mol. The van der Waals surface area contributed by atoms with Crippen molar-refractivity contribution in [3.8, 4) is 5.75 Å². The van der Waals surface area contributed by atoms with E-state index in [1.807, 2.05) is 24.3 Å². The molecule has 3 heterocycles. The summed E-state index contributed by atoms with van der Waals surface area (Å²) in [6.45, 7) is 8.92. The minimum Gasteiger partial charge on any atom is -0.497 e. The predicted molar refractivity (Wildman–Crippen MR) is 136 cm³/mol. The Hall–Kier alpha value is -4.06. The van der Waals surface area contributed by atoms with Gasteiger partial charge in [-0.3, -0.25) is 0 Å². The molecule has 0 aliphatic heterocycles. The minimum absolute atomic E-state index is 0.0141. The molecule has 6 nitrogen and oxygen atoms in total. The van der Waals surface area contributed by atoms with Crippen molar-refractivity contribution in [3.05, 3.63) is 96.2 Å². The van der Waals surface area contributed by atoms with Crippen LogP contribution < -0.4 is 9.64 Å². The average Bonchev–Trinajstić information content (AvgIpc) is 3.49. The molecule has 0 radical (unpaired) electrons. The molecule has 0 amide bonds. The Labute approximate surface area is 198 Å². The molecule has 5 aromatic rings. The number of benzene rings is 2. The van der Waals surface area contributed by atoms with Gasteiger partial charge in [0, 0.05) is 10.9 Å². The van der Waals surface area contributed by atoms with Crippen molar-refractivity contribution < 1.29 is 9.15 Å². The number of H-pyrrole nitrogens is 1. The lowest BCUT2D eigenvalue weighted by Gasteiger charge is -2.33. The second-order valence-electron chi connectivity index (χ2n) is 8.75. The van der Waals surface area contributed by atoms with Gasteiger partial charge in [0.15, 0.2) is 5.82 Å². The Balaban J connectivity index is 1.70. The number of anilines is 1. The molecule has 0 spiro atoms. The van der Waals surface area contributed by atoms with Crippen molar-refractivity contribution in [2.75, 3.05) is 12.0 Å². The molecule has 0 bridgehead atoms. The molecule has 0 fully saturated rings. The second-order valence-corrected chi connectivity index (χ2v) is 8.75. The highest BCUT2D eigenvalue weighted by molar-refractivity contribution is 6.08. The first-order valence-electron chi connectivity index (χ1n) is 11.3. The third-order valence-electron chi connectivity index (χ3n) is 6.11. The van der Waals surface area contributed by atoms with Crippen LogP contribution in [0.5, 0.6) is 5.75 Å². The van der Waals surface area contributed by atoms with Crippen LogP contribution in [0.3, 0.4) is 0 Å². The van der Waals surface area contributed by atoms with Gasteiger partial charge in [-0.05, 0) is 62.2 Å². The molecule has 0 saturated carbocycles. The van der Waals surface area contributed by atoms with Crippen molar-refractivity contribution in [2.24, 2.45) is 0 Å². The number of nitrogens with zero attached hydrogens (tertiary/aromatic N) is 3. The molecule has 1 unspecified atom stereocenters. The number of methoxy groups -OCH3 is 1. The van der Waals surface area contributed by atoms with Crippen molar-refractivity contribution in [1.82, 2.24) is 15.0 Å². The van der Waals surface area contributed by atoms with Gasteiger partial charge in [-0.1, -0.05) is 29.3 Å². The van der Waals surface area contributed by atoms with Gasteiger partial charge < -0.3 is 19.0 Å². The maximum atomic E-state index is 5.76. The molecule has 2 aromatic carbocycles. The van der Waals surface area contributed by atoms with Gasteiger partial charge in [-0.25, -0.2) is 9.97 Å². The molecule has 1 N–H and O–H groups in total. The first-order chi connectivity index (χ1) is 16.5. The van der Waals surface area contributed by atoms with E-state index in [0.29, 0.717) is 6.54 Å². The quantitative estimate of drug-likeness (QED) is 0.264. The Morgan fingerprint density at radius 2 is 1.97 bits per heavy atom. The maximum absolute atomic E-state index is 5.76. The SMILES string of the molecule is C=C(C)CC(c1ccc(OC)cc1)N(Cc1ccco1)c1ncnc2c1[nH]c1ccc(C)cc12. The fourth-order valence-corrected chi connectivity index (χ4v) is 4.48. The summed E-state index contributed by atoms with van der Waals surface area (Å²) in [6, 6.07) is 18.5. The molecule has 0 aliphatic rings. The van der Waals surface area contributed by atoms with E-state index in [1.165, 1.54) is 5.56 Å². The standard InChI is InChI=1S/C28H28N4O2/c1-18(2)14-25(20-8-10-21(33-4)11-9-20)32(16-22-6-5-13-34-22)28-27-26(29-17-30-28)23-15-19(3)7-12-24(23)31-27/h5-13,15,17,25,31H,1,14,16H2,2-4H3. The maximum Gasteiger partial charge on any atom is 0.157 e. The number of fused-ring (bicyclic) bond motifs is 3. The van der Waals surface area contributed by atoms with E-state index in [9.17, 15) is 0 Å². The number of nitrogens with one attached hydrogen (secondary N) is 1. The van der Waals surface area contributed by atoms with Crippen LogP contribution in [0, 0.1) is 6.92 Å². The van der Waals surface area contributed by atoms with Crippen molar-refractivity contribution in [1.29, 1.82) is 0 Å². The summed E-state index contributed by atoms with van der Waals surface area (Å²) in [5, 5.41) is 1.09. The van der Waals surface area contributed by atoms with Gasteiger partial charge in [-0.15, -0.1) is 6.58 Å². The van der Waals surface area contributed by atoms with E-state index in [1.54, 1.807) is 19.7 Å². The molecule has 3 aromatic heterocycles. The van der Waals surface area contributed by atoms with Crippen LogP contribution in [-0.4, -0.2) is 22.1 Å². The van der Waals surface area contributed by atoms with Crippen LogP contribution in [0.15, 0.2) is 83.8 Å². The highest BCUT2D eigenvalue weighted by Crippen LogP contribution is 2.37. The van der Waals surface area contributed by atoms with Crippen molar-refractivity contribution >= 4 is 27.8 Å². The van der Waals surface area contributed by atoms with Crippen LogP contribution in [0.2, 0.25) is 0 Å². The number of rotatable bonds is 8. The molecule has 0 aliphatic carbocycles. The van der Waals surface area contributed by atoms with Gasteiger partial charge in [0.2, 0.25) is 0 Å². The van der Waals surface area contributed by atoms with Crippen molar-refractivity contribution in [3.63, 3.8) is 0 Å². The zero-order valence-corrected chi connectivity index (χ0v) is 19.7. The first-order valence-corrected chi connectivity index (χ1v) is 11.3. The summed E-state index contributed by atoms with van der Waals surface area (Å²) in [5.41, 5.74) is 6.30. The lowest BCUT2D eigenvalue weighted by Crippen LogP contribution is -2.29. The molecule has 172 valence electrons. The largest absolute Gasteiger partial charge is 0.497 e. The number of ether oxygens (including phenoxy) is 1. The number of hydrogen-bond acceptors (Lipinski definition) is 5. The number of aromatic amines is 1. The Bertz CT molecular complexity index is 1440. The third-order valence-corrected chi connectivity index (χ3v) is 6.11. The summed E-state index contributed by atoms with van der Waals surface area (Å²) in [4.78, 5) is 15.3. The summed E-state index contributed by atoms with van der Waals surface area (Å²) >= 11 is 0. The van der Waals surface area contributed by atoms with E-state index in [0.717, 1.165) is 56.8 Å². The van der Waals surface area contributed by atoms with Crippen LogP contribution in [-0.2, 0) is 6.54 Å². The van der Waals surface area contributed by atoms with Crippen LogP contribution in [0.1, 0.15) is 36.3 Å². The lowest BCUT2D eigenvalue weighted by atomic mass is 9.98. The van der Waals surface area contributed by atoms with E-state index < -0.39 is 0 Å². The molecule has 0 saturated heterocycles. The highest BCUT2D eigenvalue weighted by Gasteiger charge is 2.26. The van der Waals surface area contributed by atoms with Gasteiger partial charge in [0.1, 0.15) is 28.9 Å². The normalized spacial score (nSPS) is 12.2.